The molecule has 0 radical (unpaired) electrons. The van der Waals surface area contributed by atoms with Crippen LogP contribution in [0.5, 0.6) is 0 Å². The SMILES string of the molecule is Cc1ccc(CNCC(=O)N2CCN(C=O)CC2)cc1. The number of rotatable bonds is 5. The molecule has 1 aliphatic rings. The van der Waals surface area contributed by atoms with Gasteiger partial charge in [-0.2, -0.15) is 0 Å². The largest absolute Gasteiger partial charge is 0.342 e. The first-order valence-electron chi connectivity index (χ1n) is 6.92. The van der Waals surface area contributed by atoms with Gasteiger partial charge in [0.2, 0.25) is 12.3 Å². The van der Waals surface area contributed by atoms with Crippen molar-refractivity contribution in [3.8, 4) is 0 Å². The average Bonchev–Trinajstić information content (AvgIpc) is 2.49. The lowest BCUT2D eigenvalue weighted by atomic mass is 10.1. The van der Waals surface area contributed by atoms with E-state index in [1.165, 1.54) is 11.1 Å². The maximum absolute atomic E-state index is 12.0. The van der Waals surface area contributed by atoms with Crippen LogP contribution in [0.3, 0.4) is 0 Å². The van der Waals surface area contributed by atoms with Gasteiger partial charge in [-0.05, 0) is 12.5 Å². The van der Waals surface area contributed by atoms with E-state index in [0.717, 1.165) is 6.41 Å². The molecule has 20 heavy (non-hydrogen) atoms. The van der Waals surface area contributed by atoms with Gasteiger partial charge >= 0.3 is 0 Å². The van der Waals surface area contributed by atoms with Gasteiger partial charge in [-0.1, -0.05) is 29.8 Å². The van der Waals surface area contributed by atoms with Crippen molar-refractivity contribution in [1.29, 1.82) is 0 Å². The minimum Gasteiger partial charge on any atom is -0.342 e. The lowest BCUT2D eigenvalue weighted by molar-refractivity contribution is -0.134. The van der Waals surface area contributed by atoms with Crippen LogP contribution in [-0.2, 0) is 16.1 Å². The molecule has 0 saturated carbocycles. The molecular weight excluding hydrogens is 254 g/mol. The zero-order chi connectivity index (χ0) is 14.4. The Morgan fingerprint density at radius 1 is 1.20 bits per heavy atom. The molecule has 0 aromatic heterocycles. The summed E-state index contributed by atoms with van der Waals surface area (Å²) < 4.78 is 0. The molecule has 0 bridgehead atoms. The van der Waals surface area contributed by atoms with Crippen molar-refractivity contribution in [2.24, 2.45) is 0 Å². The normalized spacial score (nSPS) is 15.2. The fraction of sp³-hybridized carbons (Fsp3) is 0.467. The summed E-state index contributed by atoms with van der Waals surface area (Å²) in [5.74, 6) is 0.0997. The number of nitrogens with zero attached hydrogens (tertiary/aromatic N) is 2. The Labute approximate surface area is 119 Å². The summed E-state index contributed by atoms with van der Waals surface area (Å²) in [6.45, 7) is 5.61. The Morgan fingerprint density at radius 3 is 2.45 bits per heavy atom. The predicted molar refractivity (Wildman–Crippen MR) is 77.1 cm³/mol. The molecule has 0 spiro atoms. The Morgan fingerprint density at radius 2 is 1.85 bits per heavy atom. The van der Waals surface area contributed by atoms with Gasteiger partial charge in [0.1, 0.15) is 0 Å². The fourth-order valence-electron chi connectivity index (χ4n) is 2.21. The highest BCUT2D eigenvalue weighted by Gasteiger charge is 2.19. The van der Waals surface area contributed by atoms with Crippen LogP contribution >= 0.6 is 0 Å². The zero-order valence-electron chi connectivity index (χ0n) is 11.8. The molecule has 0 aliphatic carbocycles. The van der Waals surface area contributed by atoms with E-state index < -0.39 is 0 Å². The second kappa shape index (κ2) is 7.05. The summed E-state index contributed by atoms with van der Waals surface area (Å²) in [7, 11) is 0. The Hall–Kier alpha value is -1.88. The van der Waals surface area contributed by atoms with Crippen molar-refractivity contribution < 1.29 is 9.59 Å². The highest BCUT2D eigenvalue weighted by molar-refractivity contribution is 5.78. The van der Waals surface area contributed by atoms with E-state index >= 15 is 0 Å². The van der Waals surface area contributed by atoms with Gasteiger partial charge in [0.05, 0.1) is 6.54 Å². The number of carbonyl (C=O) groups excluding carboxylic acids is 2. The number of hydrogen-bond donors (Lipinski definition) is 1. The number of amides is 2. The fourth-order valence-corrected chi connectivity index (χ4v) is 2.21. The highest BCUT2D eigenvalue weighted by atomic mass is 16.2. The smallest absolute Gasteiger partial charge is 0.236 e. The third-order valence-electron chi connectivity index (χ3n) is 3.54. The summed E-state index contributed by atoms with van der Waals surface area (Å²) in [5, 5.41) is 3.17. The van der Waals surface area contributed by atoms with Crippen molar-refractivity contribution in [3.05, 3.63) is 35.4 Å². The van der Waals surface area contributed by atoms with Crippen LogP contribution in [0.4, 0.5) is 0 Å². The molecule has 1 aromatic carbocycles. The van der Waals surface area contributed by atoms with Crippen LogP contribution < -0.4 is 5.32 Å². The standard InChI is InChI=1S/C15H21N3O2/c1-13-2-4-14(5-3-13)10-16-11-15(20)18-8-6-17(12-19)7-9-18/h2-5,12,16H,6-11H2,1H3. The topological polar surface area (TPSA) is 52.7 Å². The second-order valence-electron chi connectivity index (χ2n) is 5.11. The summed E-state index contributed by atoms with van der Waals surface area (Å²) in [6, 6.07) is 8.26. The lowest BCUT2D eigenvalue weighted by Crippen LogP contribution is -2.50. The lowest BCUT2D eigenvalue weighted by Gasteiger charge is -2.32. The van der Waals surface area contributed by atoms with Crippen LogP contribution in [0.25, 0.3) is 0 Å². The van der Waals surface area contributed by atoms with Crippen LogP contribution in [0, 0.1) is 6.92 Å². The zero-order valence-corrected chi connectivity index (χ0v) is 11.8. The molecule has 1 saturated heterocycles. The van der Waals surface area contributed by atoms with Crippen LogP contribution in [0.15, 0.2) is 24.3 Å². The molecule has 0 unspecified atom stereocenters. The molecule has 5 heteroatoms. The molecule has 1 fully saturated rings. The molecule has 5 nitrogen and oxygen atoms in total. The van der Waals surface area contributed by atoms with Crippen LogP contribution in [0.1, 0.15) is 11.1 Å². The third kappa shape index (κ3) is 4.06. The van der Waals surface area contributed by atoms with Gasteiger partial charge in [-0.15, -0.1) is 0 Å². The molecular formula is C15H21N3O2. The van der Waals surface area contributed by atoms with E-state index in [1.54, 1.807) is 4.90 Å². The monoisotopic (exact) mass is 275 g/mol. The highest BCUT2D eigenvalue weighted by Crippen LogP contribution is 2.03. The Balaban J connectivity index is 1.70. The van der Waals surface area contributed by atoms with Gasteiger partial charge < -0.3 is 15.1 Å². The number of piperazine rings is 1. The quantitative estimate of drug-likeness (QED) is 0.791. The van der Waals surface area contributed by atoms with Crippen molar-refractivity contribution in [3.63, 3.8) is 0 Å². The van der Waals surface area contributed by atoms with E-state index in [0.29, 0.717) is 39.3 Å². The summed E-state index contributed by atoms with van der Waals surface area (Å²) in [5.41, 5.74) is 2.41. The molecule has 1 aliphatic heterocycles. The average molecular weight is 275 g/mol. The van der Waals surface area contributed by atoms with E-state index in [-0.39, 0.29) is 5.91 Å². The second-order valence-corrected chi connectivity index (χ2v) is 5.11. The van der Waals surface area contributed by atoms with Gasteiger partial charge in [-0.25, -0.2) is 0 Å². The van der Waals surface area contributed by atoms with Crippen LogP contribution in [-0.4, -0.2) is 54.8 Å². The molecule has 1 heterocycles. The number of carbonyl (C=O) groups is 2. The predicted octanol–water partition coefficient (Wildman–Crippen LogP) is 0.385. The van der Waals surface area contributed by atoms with Crippen molar-refractivity contribution in [2.45, 2.75) is 13.5 Å². The minimum absolute atomic E-state index is 0.0997. The first kappa shape index (κ1) is 14.5. The molecule has 1 aromatic rings. The summed E-state index contributed by atoms with van der Waals surface area (Å²) >= 11 is 0. The maximum atomic E-state index is 12.0. The van der Waals surface area contributed by atoms with Gasteiger partial charge in [0.25, 0.3) is 0 Å². The van der Waals surface area contributed by atoms with E-state index in [4.69, 9.17) is 0 Å². The Bertz CT molecular complexity index is 451. The molecule has 2 rings (SSSR count). The van der Waals surface area contributed by atoms with Crippen molar-refractivity contribution in [1.82, 2.24) is 15.1 Å². The summed E-state index contributed by atoms with van der Waals surface area (Å²) in [6.07, 6.45) is 0.845. The summed E-state index contributed by atoms with van der Waals surface area (Å²) in [4.78, 5) is 26.1. The molecule has 1 N–H and O–H groups in total. The number of benzene rings is 1. The molecule has 0 atom stereocenters. The van der Waals surface area contributed by atoms with Crippen molar-refractivity contribution >= 4 is 12.3 Å². The van der Waals surface area contributed by atoms with Crippen LogP contribution in [0.2, 0.25) is 0 Å². The van der Waals surface area contributed by atoms with Crippen molar-refractivity contribution in [2.75, 3.05) is 32.7 Å². The molecule has 2 amide bonds. The van der Waals surface area contributed by atoms with E-state index in [2.05, 4.69) is 36.5 Å². The van der Waals surface area contributed by atoms with Gasteiger partial charge in [0, 0.05) is 32.7 Å². The number of nitrogens with one attached hydrogen (secondary N) is 1. The first-order valence-corrected chi connectivity index (χ1v) is 6.92. The first-order chi connectivity index (χ1) is 9.69. The molecule has 108 valence electrons. The minimum atomic E-state index is 0.0997. The maximum Gasteiger partial charge on any atom is 0.236 e. The Kier molecular flexibility index (Phi) is 5.12. The van der Waals surface area contributed by atoms with E-state index in [1.807, 2.05) is 4.90 Å². The van der Waals surface area contributed by atoms with E-state index in [9.17, 15) is 9.59 Å². The number of hydrogen-bond acceptors (Lipinski definition) is 3. The van der Waals surface area contributed by atoms with Gasteiger partial charge in [0.15, 0.2) is 0 Å². The third-order valence-corrected chi connectivity index (χ3v) is 3.54. The van der Waals surface area contributed by atoms with Gasteiger partial charge in [-0.3, -0.25) is 9.59 Å². The number of aryl methyl sites for hydroxylation is 1.